The molecule has 0 heterocycles. The zero-order valence-corrected chi connectivity index (χ0v) is 11.3. The molecule has 2 aromatic rings. The van der Waals surface area contributed by atoms with Crippen molar-refractivity contribution in [3.8, 4) is 5.75 Å². The summed E-state index contributed by atoms with van der Waals surface area (Å²) in [6, 6.07) is 15.6. The lowest BCUT2D eigenvalue weighted by molar-refractivity contribution is 0.0988. The lowest BCUT2D eigenvalue weighted by Crippen LogP contribution is -2.00. The summed E-state index contributed by atoms with van der Waals surface area (Å²) >= 11 is 0. The molecular formula is C17H18O2. The number of hydrogen-bond acceptors (Lipinski definition) is 2. The van der Waals surface area contributed by atoms with Gasteiger partial charge in [-0.25, -0.2) is 0 Å². The Hall–Kier alpha value is -2.09. The predicted octanol–water partition coefficient (Wildman–Crippen LogP) is 4.17. The van der Waals surface area contributed by atoms with Gasteiger partial charge in [-0.3, -0.25) is 4.79 Å². The van der Waals surface area contributed by atoms with Crippen molar-refractivity contribution >= 4 is 5.78 Å². The first-order valence-electron chi connectivity index (χ1n) is 6.51. The van der Waals surface area contributed by atoms with E-state index in [0.717, 1.165) is 22.4 Å². The predicted molar refractivity (Wildman–Crippen MR) is 76.6 cm³/mol. The summed E-state index contributed by atoms with van der Waals surface area (Å²) in [5.74, 6) is 0.995. The summed E-state index contributed by atoms with van der Waals surface area (Å²) in [6.45, 7) is 4.38. The second kappa shape index (κ2) is 6.19. The maximum absolute atomic E-state index is 11.6. The monoisotopic (exact) mass is 254 g/mol. The van der Waals surface area contributed by atoms with Crippen molar-refractivity contribution in [1.82, 2.24) is 0 Å². The second-order valence-corrected chi connectivity index (χ2v) is 4.53. The topological polar surface area (TPSA) is 26.3 Å². The van der Waals surface area contributed by atoms with Gasteiger partial charge in [0.25, 0.3) is 0 Å². The Labute approximate surface area is 114 Å². The maximum atomic E-state index is 11.6. The van der Waals surface area contributed by atoms with Crippen LogP contribution in [0.5, 0.6) is 5.75 Å². The largest absolute Gasteiger partial charge is 0.489 e. The van der Waals surface area contributed by atoms with Gasteiger partial charge in [0, 0.05) is 12.0 Å². The minimum absolute atomic E-state index is 0.165. The molecule has 0 spiro atoms. The average molecular weight is 254 g/mol. The van der Waals surface area contributed by atoms with Crippen LogP contribution in [0.2, 0.25) is 0 Å². The molecule has 2 rings (SSSR count). The molecule has 0 saturated carbocycles. The van der Waals surface area contributed by atoms with Gasteiger partial charge < -0.3 is 4.74 Å². The molecule has 0 aliphatic carbocycles. The van der Waals surface area contributed by atoms with Crippen LogP contribution in [0.15, 0.2) is 48.5 Å². The van der Waals surface area contributed by atoms with E-state index in [2.05, 4.69) is 0 Å². The first kappa shape index (κ1) is 13.3. The first-order valence-corrected chi connectivity index (χ1v) is 6.51. The number of hydrogen-bond donors (Lipinski definition) is 0. The normalized spacial score (nSPS) is 10.2. The van der Waals surface area contributed by atoms with Gasteiger partial charge in [0.15, 0.2) is 5.78 Å². The van der Waals surface area contributed by atoms with E-state index in [1.165, 1.54) is 0 Å². The summed E-state index contributed by atoms with van der Waals surface area (Å²) in [4.78, 5) is 11.6. The van der Waals surface area contributed by atoms with Crippen LogP contribution < -0.4 is 4.74 Å². The van der Waals surface area contributed by atoms with Crippen LogP contribution >= 0.6 is 0 Å². The van der Waals surface area contributed by atoms with Crippen LogP contribution in [0.1, 0.15) is 34.8 Å². The van der Waals surface area contributed by atoms with Gasteiger partial charge in [-0.1, -0.05) is 37.3 Å². The van der Waals surface area contributed by atoms with E-state index in [-0.39, 0.29) is 5.78 Å². The quantitative estimate of drug-likeness (QED) is 0.749. The number of benzene rings is 2. The maximum Gasteiger partial charge on any atom is 0.162 e. The lowest BCUT2D eigenvalue weighted by atomic mass is 10.1. The fraction of sp³-hybridized carbons (Fsp3) is 0.235. The highest BCUT2D eigenvalue weighted by atomic mass is 16.5. The Morgan fingerprint density at radius 1 is 1.11 bits per heavy atom. The van der Waals surface area contributed by atoms with Gasteiger partial charge in [-0.05, 0) is 36.2 Å². The van der Waals surface area contributed by atoms with Crippen LogP contribution in [-0.2, 0) is 6.61 Å². The van der Waals surface area contributed by atoms with Crippen molar-refractivity contribution in [2.75, 3.05) is 0 Å². The molecule has 0 saturated heterocycles. The van der Waals surface area contributed by atoms with E-state index in [1.807, 2.05) is 62.4 Å². The number of rotatable bonds is 5. The fourth-order valence-corrected chi connectivity index (χ4v) is 1.92. The van der Waals surface area contributed by atoms with Crippen molar-refractivity contribution in [1.29, 1.82) is 0 Å². The highest BCUT2D eigenvalue weighted by Gasteiger charge is 2.06. The molecule has 0 bridgehead atoms. The van der Waals surface area contributed by atoms with Crippen molar-refractivity contribution < 1.29 is 9.53 Å². The van der Waals surface area contributed by atoms with Crippen molar-refractivity contribution in [3.05, 3.63) is 65.2 Å². The Balaban J connectivity index is 2.07. The van der Waals surface area contributed by atoms with Crippen LogP contribution in [0.4, 0.5) is 0 Å². The van der Waals surface area contributed by atoms with Crippen LogP contribution in [0, 0.1) is 6.92 Å². The molecule has 0 N–H and O–H groups in total. The van der Waals surface area contributed by atoms with Gasteiger partial charge in [-0.2, -0.15) is 0 Å². The van der Waals surface area contributed by atoms with E-state index < -0.39 is 0 Å². The zero-order chi connectivity index (χ0) is 13.7. The van der Waals surface area contributed by atoms with Crippen molar-refractivity contribution in [2.45, 2.75) is 26.9 Å². The van der Waals surface area contributed by atoms with E-state index in [0.29, 0.717) is 13.0 Å². The SMILES string of the molecule is CCC(=O)c1ccc(OCc2ccccc2)c(C)c1. The molecule has 19 heavy (non-hydrogen) atoms. The van der Waals surface area contributed by atoms with Crippen LogP contribution in [0.3, 0.4) is 0 Å². The zero-order valence-electron chi connectivity index (χ0n) is 11.3. The molecule has 0 radical (unpaired) electrons. The van der Waals surface area contributed by atoms with Crippen LogP contribution in [0.25, 0.3) is 0 Å². The van der Waals surface area contributed by atoms with Crippen LogP contribution in [-0.4, -0.2) is 5.78 Å². The number of ether oxygens (including phenoxy) is 1. The van der Waals surface area contributed by atoms with Crippen molar-refractivity contribution in [2.24, 2.45) is 0 Å². The highest BCUT2D eigenvalue weighted by Crippen LogP contribution is 2.21. The molecule has 2 nitrogen and oxygen atoms in total. The standard InChI is InChI=1S/C17H18O2/c1-3-16(18)15-9-10-17(13(2)11-15)19-12-14-7-5-4-6-8-14/h4-11H,3,12H2,1-2H3. The average Bonchev–Trinajstić information content (AvgIpc) is 2.46. The summed E-state index contributed by atoms with van der Waals surface area (Å²) in [5.41, 5.74) is 2.89. The minimum Gasteiger partial charge on any atom is -0.489 e. The molecule has 0 atom stereocenters. The lowest BCUT2D eigenvalue weighted by Gasteiger charge is -2.10. The van der Waals surface area contributed by atoms with Gasteiger partial charge in [0.05, 0.1) is 0 Å². The van der Waals surface area contributed by atoms with Gasteiger partial charge in [0.2, 0.25) is 0 Å². The molecule has 0 unspecified atom stereocenters. The summed E-state index contributed by atoms with van der Waals surface area (Å²) in [6.07, 6.45) is 0.531. The molecule has 0 aliphatic heterocycles. The third kappa shape index (κ3) is 3.44. The summed E-state index contributed by atoms with van der Waals surface area (Å²) in [5, 5.41) is 0. The van der Waals surface area contributed by atoms with Gasteiger partial charge in [0.1, 0.15) is 12.4 Å². The van der Waals surface area contributed by atoms with E-state index in [1.54, 1.807) is 0 Å². The smallest absolute Gasteiger partial charge is 0.162 e. The molecule has 2 heteroatoms. The van der Waals surface area contributed by atoms with E-state index in [4.69, 9.17) is 4.74 Å². The highest BCUT2D eigenvalue weighted by molar-refractivity contribution is 5.96. The number of Topliss-reactive ketones (excluding diaryl/α,β-unsaturated/α-hetero) is 1. The molecule has 2 aromatic carbocycles. The Morgan fingerprint density at radius 3 is 2.47 bits per heavy atom. The number of carbonyl (C=O) groups excluding carboxylic acids is 1. The number of aryl methyl sites for hydroxylation is 1. The van der Waals surface area contributed by atoms with E-state index >= 15 is 0 Å². The molecule has 0 amide bonds. The Morgan fingerprint density at radius 2 is 1.84 bits per heavy atom. The molecule has 0 fully saturated rings. The number of ketones is 1. The molecular weight excluding hydrogens is 236 g/mol. The third-order valence-corrected chi connectivity index (χ3v) is 3.06. The van der Waals surface area contributed by atoms with E-state index in [9.17, 15) is 4.79 Å². The third-order valence-electron chi connectivity index (χ3n) is 3.06. The Bertz CT molecular complexity index is 559. The molecule has 0 aliphatic rings. The van der Waals surface area contributed by atoms with Gasteiger partial charge in [-0.15, -0.1) is 0 Å². The Kier molecular flexibility index (Phi) is 4.35. The molecule has 0 aromatic heterocycles. The second-order valence-electron chi connectivity index (χ2n) is 4.53. The summed E-state index contributed by atoms with van der Waals surface area (Å²) in [7, 11) is 0. The molecule has 98 valence electrons. The summed E-state index contributed by atoms with van der Waals surface area (Å²) < 4.78 is 5.78. The fourth-order valence-electron chi connectivity index (χ4n) is 1.92. The first-order chi connectivity index (χ1) is 9.20. The van der Waals surface area contributed by atoms with Gasteiger partial charge >= 0.3 is 0 Å². The number of carbonyl (C=O) groups is 1. The minimum atomic E-state index is 0.165. The van der Waals surface area contributed by atoms with Crippen molar-refractivity contribution in [3.63, 3.8) is 0 Å².